The van der Waals surface area contributed by atoms with Gasteiger partial charge in [-0.25, -0.2) is 4.79 Å². The van der Waals surface area contributed by atoms with E-state index in [9.17, 15) is 9.90 Å². The largest absolute Gasteiger partial charge is 0.478 e. The highest BCUT2D eigenvalue weighted by Gasteiger charge is 2.31. The Labute approximate surface area is 98.5 Å². The quantitative estimate of drug-likeness (QED) is 0.843. The fraction of sp³-hybridized carbons (Fsp3) is 0.417. The molecule has 1 atom stereocenters. The topological polar surface area (TPSA) is 57.5 Å². The van der Waals surface area contributed by atoms with Crippen molar-refractivity contribution in [3.63, 3.8) is 0 Å². The molecule has 0 radical (unpaired) electrons. The summed E-state index contributed by atoms with van der Waals surface area (Å²) in [5.41, 5.74) is 0.526. The average Bonchev–Trinajstić information content (AvgIpc) is 2.65. The van der Waals surface area contributed by atoms with Crippen molar-refractivity contribution >= 4 is 17.7 Å². The van der Waals surface area contributed by atoms with E-state index < -0.39 is 11.6 Å². The first-order valence-corrected chi connectivity index (χ1v) is 6.37. The zero-order valence-corrected chi connectivity index (χ0v) is 9.67. The second kappa shape index (κ2) is 4.47. The van der Waals surface area contributed by atoms with Gasteiger partial charge in [0.15, 0.2) is 0 Å². The van der Waals surface area contributed by atoms with Crippen LogP contribution >= 0.6 is 11.8 Å². The summed E-state index contributed by atoms with van der Waals surface area (Å²) in [6.07, 6.45) is 1.33. The molecule has 2 rings (SSSR count). The van der Waals surface area contributed by atoms with E-state index in [0.29, 0.717) is 6.42 Å². The molecule has 1 aliphatic heterocycles. The number of carboxylic acid groups (broad SMARTS) is 1. The summed E-state index contributed by atoms with van der Waals surface area (Å²) in [5, 5.41) is 19.1. The number of hydrogen-bond acceptors (Lipinski definition) is 3. The van der Waals surface area contributed by atoms with Crippen LogP contribution in [-0.2, 0) is 6.42 Å². The summed E-state index contributed by atoms with van der Waals surface area (Å²) in [6.45, 7) is 0. The van der Waals surface area contributed by atoms with Crippen LogP contribution in [0.15, 0.2) is 24.3 Å². The molecule has 3 nitrogen and oxygen atoms in total. The van der Waals surface area contributed by atoms with Gasteiger partial charge in [0.25, 0.3) is 0 Å². The van der Waals surface area contributed by atoms with E-state index in [4.69, 9.17) is 5.11 Å². The summed E-state index contributed by atoms with van der Waals surface area (Å²) < 4.78 is 0. The Kier molecular flexibility index (Phi) is 3.21. The van der Waals surface area contributed by atoms with Crippen LogP contribution in [0.2, 0.25) is 0 Å². The van der Waals surface area contributed by atoms with Gasteiger partial charge in [-0.2, -0.15) is 11.8 Å². The van der Waals surface area contributed by atoms with Crippen molar-refractivity contribution in [3.8, 4) is 0 Å². The van der Waals surface area contributed by atoms with E-state index in [1.54, 1.807) is 30.0 Å². The van der Waals surface area contributed by atoms with Crippen LogP contribution in [0.3, 0.4) is 0 Å². The maximum Gasteiger partial charge on any atom is 0.335 e. The molecule has 1 heterocycles. The van der Waals surface area contributed by atoms with Crippen molar-refractivity contribution in [2.45, 2.75) is 18.4 Å². The van der Waals surface area contributed by atoms with E-state index in [1.807, 2.05) is 6.07 Å². The zero-order chi connectivity index (χ0) is 11.6. The van der Waals surface area contributed by atoms with Crippen molar-refractivity contribution in [1.29, 1.82) is 0 Å². The molecule has 1 aromatic carbocycles. The number of aliphatic hydroxyl groups is 1. The highest BCUT2D eigenvalue weighted by atomic mass is 32.2. The van der Waals surface area contributed by atoms with Crippen LogP contribution in [0.5, 0.6) is 0 Å². The fourth-order valence-corrected chi connectivity index (χ4v) is 3.23. The Morgan fingerprint density at radius 2 is 2.31 bits per heavy atom. The van der Waals surface area contributed by atoms with Crippen molar-refractivity contribution in [2.75, 3.05) is 11.5 Å². The minimum absolute atomic E-state index is 0.284. The maximum atomic E-state index is 10.8. The number of benzene rings is 1. The van der Waals surface area contributed by atoms with Crippen molar-refractivity contribution < 1.29 is 15.0 Å². The predicted octanol–water partition coefficient (Wildman–Crippen LogP) is 1.80. The highest BCUT2D eigenvalue weighted by Crippen LogP contribution is 2.30. The standard InChI is InChI=1S/C12H14O3S/c13-11(14)10-3-1-2-9(6-10)7-12(15)4-5-16-8-12/h1-3,6,15H,4-5,7-8H2,(H,13,14). The monoisotopic (exact) mass is 238 g/mol. The van der Waals surface area contributed by atoms with Crippen molar-refractivity contribution in [1.82, 2.24) is 0 Å². The number of aromatic carboxylic acids is 1. The van der Waals surface area contributed by atoms with Gasteiger partial charge in [0, 0.05) is 12.2 Å². The lowest BCUT2D eigenvalue weighted by molar-refractivity contribution is 0.0671. The normalized spacial score (nSPS) is 24.6. The summed E-state index contributed by atoms with van der Waals surface area (Å²) in [5.74, 6) is 0.800. The first kappa shape index (κ1) is 11.5. The predicted molar refractivity (Wildman–Crippen MR) is 64.0 cm³/mol. The van der Waals surface area contributed by atoms with E-state index in [1.165, 1.54) is 0 Å². The Balaban J connectivity index is 2.15. The van der Waals surface area contributed by atoms with Gasteiger partial charge in [0.1, 0.15) is 0 Å². The van der Waals surface area contributed by atoms with Crippen LogP contribution in [0.4, 0.5) is 0 Å². The van der Waals surface area contributed by atoms with Gasteiger partial charge >= 0.3 is 5.97 Å². The van der Waals surface area contributed by atoms with Crippen LogP contribution in [-0.4, -0.2) is 33.3 Å². The third-order valence-electron chi connectivity index (χ3n) is 2.79. The first-order chi connectivity index (χ1) is 7.59. The molecule has 2 N–H and O–H groups in total. The lowest BCUT2D eigenvalue weighted by Crippen LogP contribution is -2.30. The molecule has 0 saturated carbocycles. The minimum Gasteiger partial charge on any atom is -0.478 e. The van der Waals surface area contributed by atoms with Gasteiger partial charge in [-0.05, 0) is 29.9 Å². The second-order valence-electron chi connectivity index (χ2n) is 4.21. The van der Waals surface area contributed by atoms with Gasteiger partial charge in [-0.1, -0.05) is 12.1 Å². The van der Waals surface area contributed by atoms with Crippen LogP contribution in [0.25, 0.3) is 0 Å². The molecule has 86 valence electrons. The molecule has 0 bridgehead atoms. The Bertz CT molecular complexity index is 397. The highest BCUT2D eigenvalue weighted by molar-refractivity contribution is 7.99. The summed E-state index contributed by atoms with van der Waals surface area (Å²) in [6, 6.07) is 6.81. The number of thioether (sulfide) groups is 1. The van der Waals surface area contributed by atoms with Gasteiger partial charge in [-0.15, -0.1) is 0 Å². The van der Waals surface area contributed by atoms with E-state index in [2.05, 4.69) is 0 Å². The second-order valence-corrected chi connectivity index (χ2v) is 5.31. The molecule has 16 heavy (non-hydrogen) atoms. The van der Waals surface area contributed by atoms with Gasteiger partial charge < -0.3 is 10.2 Å². The molecule has 1 aromatic rings. The average molecular weight is 238 g/mol. The molecule has 0 spiro atoms. The molecule has 0 aromatic heterocycles. The molecular formula is C12H14O3S. The number of carboxylic acids is 1. The molecule has 1 unspecified atom stereocenters. The van der Waals surface area contributed by atoms with E-state index in [0.717, 1.165) is 23.5 Å². The van der Waals surface area contributed by atoms with Gasteiger partial charge in [-0.3, -0.25) is 0 Å². The molecule has 1 saturated heterocycles. The number of carbonyl (C=O) groups is 1. The van der Waals surface area contributed by atoms with Crippen LogP contribution in [0.1, 0.15) is 22.3 Å². The molecule has 0 aliphatic carbocycles. The van der Waals surface area contributed by atoms with E-state index >= 15 is 0 Å². The number of rotatable bonds is 3. The molecule has 1 aliphatic rings. The number of hydrogen-bond donors (Lipinski definition) is 2. The van der Waals surface area contributed by atoms with Crippen molar-refractivity contribution in [2.24, 2.45) is 0 Å². The minimum atomic E-state index is -0.922. The van der Waals surface area contributed by atoms with Crippen LogP contribution < -0.4 is 0 Å². The van der Waals surface area contributed by atoms with E-state index in [-0.39, 0.29) is 5.56 Å². The molecule has 1 fully saturated rings. The lowest BCUT2D eigenvalue weighted by Gasteiger charge is -2.21. The summed E-state index contributed by atoms with van der Waals surface area (Å²) >= 11 is 1.74. The molecule has 0 amide bonds. The Morgan fingerprint density at radius 3 is 2.94 bits per heavy atom. The Morgan fingerprint density at radius 1 is 1.50 bits per heavy atom. The third-order valence-corrected chi connectivity index (χ3v) is 4.02. The smallest absolute Gasteiger partial charge is 0.335 e. The SMILES string of the molecule is O=C(O)c1cccc(CC2(O)CCSC2)c1. The summed E-state index contributed by atoms with van der Waals surface area (Å²) in [7, 11) is 0. The van der Waals surface area contributed by atoms with Crippen molar-refractivity contribution in [3.05, 3.63) is 35.4 Å². The van der Waals surface area contributed by atoms with Gasteiger partial charge in [0.05, 0.1) is 11.2 Å². The molecule has 4 heteroatoms. The first-order valence-electron chi connectivity index (χ1n) is 5.21. The maximum absolute atomic E-state index is 10.8. The summed E-state index contributed by atoms with van der Waals surface area (Å²) in [4.78, 5) is 10.8. The fourth-order valence-electron chi connectivity index (χ4n) is 1.93. The van der Waals surface area contributed by atoms with Gasteiger partial charge in [0.2, 0.25) is 0 Å². The zero-order valence-electron chi connectivity index (χ0n) is 8.85. The Hall–Kier alpha value is -1.00. The third kappa shape index (κ3) is 2.57. The molecular weight excluding hydrogens is 224 g/mol. The van der Waals surface area contributed by atoms with Crippen LogP contribution in [0, 0.1) is 0 Å². The lowest BCUT2D eigenvalue weighted by atomic mass is 9.93.